The Morgan fingerprint density at radius 2 is 1.71 bits per heavy atom. The Hall–Kier alpha value is -2.21. The zero-order valence-electron chi connectivity index (χ0n) is 19.4. The number of halogens is 1. The summed E-state index contributed by atoms with van der Waals surface area (Å²) in [6, 6.07) is 13.8. The molecule has 180 valence electrons. The summed E-state index contributed by atoms with van der Waals surface area (Å²) in [4.78, 5) is 27.8. The van der Waals surface area contributed by atoms with E-state index in [1.54, 1.807) is 18.2 Å². The lowest BCUT2D eigenvalue weighted by Gasteiger charge is -2.34. The number of fused-ring (bicyclic) bond motifs is 3. The van der Waals surface area contributed by atoms with Crippen LogP contribution in [0.1, 0.15) is 70.4 Å². The molecule has 2 heterocycles. The fourth-order valence-electron chi connectivity index (χ4n) is 5.84. The number of hydrogen-bond donors (Lipinski definition) is 1. The number of ether oxygens (including phenoxy) is 1. The summed E-state index contributed by atoms with van der Waals surface area (Å²) in [5.41, 5.74) is 3.78. The summed E-state index contributed by atoms with van der Waals surface area (Å²) < 4.78 is 5.57. The summed E-state index contributed by atoms with van der Waals surface area (Å²) in [6.45, 7) is 1.17. The Kier molecular flexibility index (Phi) is 7.05. The van der Waals surface area contributed by atoms with E-state index < -0.39 is 6.10 Å². The highest BCUT2D eigenvalue weighted by molar-refractivity contribution is 6.34. The number of rotatable bonds is 8. The fourth-order valence-corrected chi connectivity index (χ4v) is 6.13. The van der Waals surface area contributed by atoms with Crippen molar-refractivity contribution in [1.82, 2.24) is 4.90 Å². The minimum atomic E-state index is -0.496. The molecule has 0 aromatic heterocycles. The average molecular weight is 482 g/mol. The van der Waals surface area contributed by atoms with Crippen molar-refractivity contribution in [3.8, 4) is 0 Å². The van der Waals surface area contributed by atoms with Gasteiger partial charge < -0.3 is 14.7 Å². The van der Waals surface area contributed by atoms with Crippen molar-refractivity contribution in [1.29, 1.82) is 0 Å². The Morgan fingerprint density at radius 1 is 1.03 bits per heavy atom. The second-order valence-electron chi connectivity index (χ2n) is 10.1. The van der Waals surface area contributed by atoms with E-state index >= 15 is 0 Å². The van der Waals surface area contributed by atoms with Crippen molar-refractivity contribution in [2.24, 2.45) is 5.92 Å². The van der Waals surface area contributed by atoms with Gasteiger partial charge >= 0.3 is 0 Å². The average Bonchev–Trinajstić information content (AvgIpc) is 3.37. The first-order valence-corrected chi connectivity index (χ1v) is 12.9. The predicted molar refractivity (Wildman–Crippen MR) is 131 cm³/mol. The Bertz CT molecular complexity index is 1030. The Labute approximate surface area is 206 Å². The molecule has 3 aliphatic rings. The molecule has 2 aliphatic heterocycles. The molecule has 0 spiro atoms. The van der Waals surface area contributed by atoms with Gasteiger partial charge in [-0.15, -0.1) is 0 Å². The van der Waals surface area contributed by atoms with Gasteiger partial charge in [-0.1, -0.05) is 35.9 Å². The van der Waals surface area contributed by atoms with Crippen LogP contribution in [0.15, 0.2) is 42.5 Å². The van der Waals surface area contributed by atoms with Crippen molar-refractivity contribution in [2.45, 2.75) is 69.6 Å². The molecule has 1 amide bonds. The Balaban J connectivity index is 1.11. The van der Waals surface area contributed by atoms with E-state index in [0.29, 0.717) is 48.1 Å². The number of ketones is 1. The molecule has 1 N–H and O–H groups in total. The summed E-state index contributed by atoms with van der Waals surface area (Å²) in [6.07, 6.45) is 5.93. The van der Waals surface area contributed by atoms with Crippen LogP contribution >= 0.6 is 11.6 Å². The van der Waals surface area contributed by atoms with Crippen LogP contribution in [0.2, 0.25) is 5.02 Å². The molecule has 5 nitrogen and oxygen atoms in total. The van der Waals surface area contributed by atoms with Crippen molar-refractivity contribution in [2.75, 3.05) is 13.2 Å². The number of aliphatic hydroxyl groups excluding tert-OH is 1. The molecule has 6 heteroatoms. The van der Waals surface area contributed by atoms with E-state index in [1.807, 2.05) is 4.90 Å². The van der Waals surface area contributed by atoms with Gasteiger partial charge in [0.05, 0.1) is 36.4 Å². The lowest BCUT2D eigenvalue weighted by Crippen LogP contribution is -2.49. The first-order chi connectivity index (χ1) is 16.5. The van der Waals surface area contributed by atoms with Crippen LogP contribution in [-0.4, -0.2) is 53.1 Å². The van der Waals surface area contributed by atoms with E-state index in [-0.39, 0.29) is 30.2 Å². The number of carbonyl (C=O) groups is 2. The highest BCUT2D eigenvalue weighted by atomic mass is 35.5. The summed E-state index contributed by atoms with van der Waals surface area (Å²) >= 11 is 6.42. The fraction of sp³-hybridized carbons (Fsp3) is 0.500. The maximum Gasteiger partial charge on any atom is 0.254 e. The number of carbonyl (C=O) groups excluding carboxylic acids is 2. The third-order valence-corrected chi connectivity index (χ3v) is 8.05. The first-order valence-electron chi connectivity index (χ1n) is 12.5. The molecule has 2 unspecified atom stereocenters. The minimum absolute atomic E-state index is 0.0406. The van der Waals surface area contributed by atoms with Crippen LogP contribution in [0, 0.1) is 5.92 Å². The second kappa shape index (κ2) is 10.2. The molecular formula is C28H32ClNO4. The second-order valence-corrected chi connectivity index (χ2v) is 10.5. The van der Waals surface area contributed by atoms with E-state index in [4.69, 9.17) is 16.3 Å². The standard InChI is InChI=1S/C28H32ClNO4/c29-26-15-21(28(33)30-22-7-8-23(30)17-34-16-22)6-11-25(26)27(32)12-10-24(31)9-5-18-13-19-3-1-2-4-20(19)14-18/h1-4,6,11,15,18,22-24,31H,5,7-10,12-14,16-17H2/t22?,23?,24-/m0/s1. The largest absolute Gasteiger partial charge is 0.393 e. The van der Waals surface area contributed by atoms with Crippen LogP contribution < -0.4 is 0 Å². The SMILES string of the molecule is O=C(CC[C@@H](O)CCC1Cc2ccccc2C1)c1ccc(C(=O)N2C3CCC2COC3)cc1Cl. The maximum absolute atomic E-state index is 13.1. The highest BCUT2D eigenvalue weighted by Gasteiger charge is 2.40. The summed E-state index contributed by atoms with van der Waals surface area (Å²) in [5.74, 6) is 0.438. The summed E-state index contributed by atoms with van der Waals surface area (Å²) in [5, 5.41) is 10.8. The molecule has 3 atom stereocenters. The molecule has 2 bridgehead atoms. The first kappa shape index (κ1) is 23.5. The molecule has 2 fully saturated rings. The van der Waals surface area contributed by atoms with E-state index in [1.165, 1.54) is 11.1 Å². The van der Waals surface area contributed by atoms with Gasteiger partial charge in [0.1, 0.15) is 0 Å². The molecule has 1 aliphatic carbocycles. The Morgan fingerprint density at radius 3 is 2.35 bits per heavy atom. The normalized spacial score (nSPS) is 22.6. The number of aliphatic hydroxyl groups is 1. The summed E-state index contributed by atoms with van der Waals surface area (Å²) in [7, 11) is 0. The minimum Gasteiger partial charge on any atom is -0.393 e. The van der Waals surface area contributed by atoms with Gasteiger partial charge in [0.25, 0.3) is 5.91 Å². The number of benzene rings is 2. The number of Topliss-reactive ketones (excluding diaryl/α,β-unsaturated/α-hetero) is 1. The molecule has 2 aromatic carbocycles. The van der Waals surface area contributed by atoms with Crippen LogP contribution in [0.25, 0.3) is 0 Å². The van der Waals surface area contributed by atoms with E-state index in [2.05, 4.69) is 24.3 Å². The quantitative estimate of drug-likeness (QED) is 0.546. The molecule has 0 saturated carbocycles. The zero-order chi connectivity index (χ0) is 23.7. The van der Waals surface area contributed by atoms with Crippen LogP contribution in [0.4, 0.5) is 0 Å². The van der Waals surface area contributed by atoms with Gasteiger partial charge in [-0.25, -0.2) is 0 Å². The molecular weight excluding hydrogens is 450 g/mol. The van der Waals surface area contributed by atoms with Gasteiger partial charge in [0.2, 0.25) is 0 Å². The number of amides is 1. The monoisotopic (exact) mass is 481 g/mol. The lowest BCUT2D eigenvalue weighted by atomic mass is 9.95. The number of morpholine rings is 1. The lowest BCUT2D eigenvalue weighted by molar-refractivity contribution is -0.00716. The molecule has 2 aromatic rings. The van der Waals surface area contributed by atoms with Gasteiger partial charge in [-0.2, -0.15) is 0 Å². The van der Waals surface area contributed by atoms with E-state index in [0.717, 1.165) is 32.1 Å². The van der Waals surface area contributed by atoms with Crippen LogP contribution in [0.5, 0.6) is 0 Å². The van der Waals surface area contributed by atoms with Crippen molar-refractivity contribution in [3.63, 3.8) is 0 Å². The van der Waals surface area contributed by atoms with Gasteiger partial charge in [0, 0.05) is 17.5 Å². The maximum atomic E-state index is 13.1. The number of nitrogens with zero attached hydrogens (tertiary/aromatic N) is 1. The zero-order valence-corrected chi connectivity index (χ0v) is 20.2. The molecule has 2 saturated heterocycles. The van der Waals surface area contributed by atoms with Gasteiger partial charge in [0.15, 0.2) is 5.78 Å². The third-order valence-electron chi connectivity index (χ3n) is 7.74. The molecule has 34 heavy (non-hydrogen) atoms. The van der Waals surface area contributed by atoms with Crippen LogP contribution in [0.3, 0.4) is 0 Å². The molecule has 5 rings (SSSR count). The van der Waals surface area contributed by atoms with Gasteiger partial charge in [-0.3, -0.25) is 9.59 Å². The topological polar surface area (TPSA) is 66.8 Å². The van der Waals surface area contributed by atoms with Gasteiger partial charge in [-0.05, 0) is 80.2 Å². The predicted octanol–water partition coefficient (Wildman–Crippen LogP) is 4.86. The van der Waals surface area contributed by atoms with Crippen molar-refractivity contribution < 1.29 is 19.4 Å². The smallest absolute Gasteiger partial charge is 0.254 e. The third kappa shape index (κ3) is 4.93. The highest BCUT2D eigenvalue weighted by Crippen LogP contribution is 2.32. The van der Waals surface area contributed by atoms with Crippen LogP contribution in [-0.2, 0) is 17.6 Å². The van der Waals surface area contributed by atoms with Crippen molar-refractivity contribution in [3.05, 3.63) is 69.7 Å². The molecule has 0 radical (unpaired) electrons. The van der Waals surface area contributed by atoms with E-state index in [9.17, 15) is 14.7 Å². The van der Waals surface area contributed by atoms with Crippen molar-refractivity contribution >= 4 is 23.3 Å². The number of hydrogen-bond acceptors (Lipinski definition) is 4.